The van der Waals surface area contributed by atoms with Crippen molar-refractivity contribution >= 4 is 29.1 Å². The van der Waals surface area contributed by atoms with Crippen molar-refractivity contribution in [2.24, 2.45) is 0 Å². The Morgan fingerprint density at radius 3 is 2.22 bits per heavy atom. The van der Waals surface area contributed by atoms with Crippen LogP contribution in [0, 0.1) is 0 Å². The third-order valence-corrected chi connectivity index (χ3v) is 3.33. The molecule has 2 amide bonds. The Hall–Kier alpha value is -2.53. The van der Waals surface area contributed by atoms with Gasteiger partial charge >= 0.3 is 0 Å². The van der Waals surface area contributed by atoms with Crippen LogP contribution in [0.2, 0.25) is 5.02 Å². The van der Waals surface area contributed by atoms with Crippen molar-refractivity contribution in [3.05, 3.63) is 59.1 Å². The molecule has 120 valence electrons. The summed E-state index contributed by atoms with van der Waals surface area (Å²) in [5, 5.41) is 3.35. The molecule has 0 aliphatic rings. The monoisotopic (exact) mass is 332 g/mol. The largest absolute Gasteiger partial charge is 0.484 e. The Balaban J connectivity index is 1.93. The predicted molar refractivity (Wildman–Crippen MR) is 90.0 cm³/mol. The van der Waals surface area contributed by atoms with Crippen LogP contribution < -0.4 is 10.1 Å². The summed E-state index contributed by atoms with van der Waals surface area (Å²) in [7, 11) is 3.34. The van der Waals surface area contributed by atoms with Crippen LogP contribution >= 0.6 is 11.6 Å². The summed E-state index contributed by atoms with van der Waals surface area (Å²) in [6.45, 7) is -0.0243. The van der Waals surface area contributed by atoms with Gasteiger partial charge in [-0.05, 0) is 48.5 Å². The lowest BCUT2D eigenvalue weighted by Gasteiger charge is -2.11. The second-order valence-electron chi connectivity index (χ2n) is 5.06. The van der Waals surface area contributed by atoms with Crippen molar-refractivity contribution in [2.45, 2.75) is 0 Å². The second kappa shape index (κ2) is 7.65. The average Bonchev–Trinajstić information content (AvgIpc) is 2.54. The maximum atomic E-state index is 12.1. The van der Waals surface area contributed by atoms with E-state index in [0.717, 1.165) is 0 Å². The number of hydrogen-bond acceptors (Lipinski definition) is 3. The first-order valence-corrected chi connectivity index (χ1v) is 7.33. The minimum absolute atomic E-state index is 0.0243. The SMILES string of the molecule is CN(C)C(=O)COc1ccc(NC(=O)c2ccc(Cl)cc2)cc1. The molecular weight excluding hydrogens is 316 g/mol. The Kier molecular flexibility index (Phi) is 5.60. The van der Waals surface area contributed by atoms with E-state index < -0.39 is 0 Å². The summed E-state index contributed by atoms with van der Waals surface area (Å²) < 4.78 is 5.37. The highest BCUT2D eigenvalue weighted by molar-refractivity contribution is 6.30. The van der Waals surface area contributed by atoms with E-state index in [9.17, 15) is 9.59 Å². The topological polar surface area (TPSA) is 58.6 Å². The van der Waals surface area contributed by atoms with Gasteiger partial charge in [-0.1, -0.05) is 11.6 Å². The Morgan fingerprint density at radius 2 is 1.65 bits per heavy atom. The highest BCUT2D eigenvalue weighted by Crippen LogP contribution is 2.17. The lowest BCUT2D eigenvalue weighted by molar-refractivity contribution is -0.130. The first-order valence-electron chi connectivity index (χ1n) is 6.95. The van der Waals surface area contributed by atoms with Gasteiger partial charge in [0, 0.05) is 30.4 Å². The number of anilines is 1. The molecule has 2 aromatic rings. The number of nitrogens with one attached hydrogen (secondary N) is 1. The van der Waals surface area contributed by atoms with E-state index in [1.807, 2.05) is 0 Å². The summed E-state index contributed by atoms with van der Waals surface area (Å²) in [5.41, 5.74) is 1.16. The lowest BCUT2D eigenvalue weighted by atomic mass is 10.2. The van der Waals surface area contributed by atoms with E-state index in [1.165, 1.54) is 4.90 Å². The number of rotatable bonds is 5. The van der Waals surface area contributed by atoms with Gasteiger partial charge in [0.2, 0.25) is 0 Å². The molecule has 0 aliphatic carbocycles. The van der Waals surface area contributed by atoms with Crippen molar-refractivity contribution in [2.75, 3.05) is 26.0 Å². The molecule has 0 unspecified atom stereocenters. The predicted octanol–water partition coefficient (Wildman–Crippen LogP) is 3.06. The van der Waals surface area contributed by atoms with Crippen LogP contribution in [-0.2, 0) is 4.79 Å². The normalized spacial score (nSPS) is 10.0. The number of benzene rings is 2. The number of carbonyl (C=O) groups excluding carboxylic acids is 2. The summed E-state index contributed by atoms with van der Waals surface area (Å²) in [6, 6.07) is 13.4. The van der Waals surface area contributed by atoms with Crippen LogP contribution in [0.4, 0.5) is 5.69 Å². The quantitative estimate of drug-likeness (QED) is 0.915. The van der Waals surface area contributed by atoms with Gasteiger partial charge in [-0.3, -0.25) is 9.59 Å². The molecule has 0 saturated carbocycles. The number of carbonyl (C=O) groups is 2. The number of hydrogen-bond donors (Lipinski definition) is 1. The molecule has 0 aromatic heterocycles. The van der Waals surface area contributed by atoms with Gasteiger partial charge < -0.3 is 15.0 Å². The van der Waals surface area contributed by atoms with E-state index in [4.69, 9.17) is 16.3 Å². The zero-order valence-electron chi connectivity index (χ0n) is 12.9. The minimum atomic E-state index is -0.224. The summed E-state index contributed by atoms with van der Waals surface area (Å²) in [6.07, 6.45) is 0. The molecule has 0 atom stereocenters. The van der Waals surface area contributed by atoms with E-state index >= 15 is 0 Å². The molecule has 0 fully saturated rings. The molecule has 0 aliphatic heterocycles. The highest BCUT2D eigenvalue weighted by atomic mass is 35.5. The van der Waals surface area contributed by atoms with Gasteiger partial charge in [0.15, 0.2) is 6.61 Å². The Morgan fingerprint density at radius 1 is 1.04 bits per heavy atom. The zero-order chi connectivity index (χ0) is 16.8. The van der Waals surface area contributed by atoms with Gasteiger partial charge in [-0.2, -0.15) is 0 Å². The van der Waals surface area contributed by atoms with Crippen molar-refractivity contribution in [1.29, 1.82) is 0 Å². The lowest BCUT2D eigenvalue weighted by Crippen LogP contribution is -2.27. The summed E-state index contributed by atoms with van der Waals surface area (Å²) in [4.78, 5) is 25.0. The summed E-state index contributed by atoms with van der Waals surface area (Å²) >= 11 is 5.79. The van der Waals surface area contributed by atoms with E-state index in [-0.39, 0.29) is 18.4 Å². The van der Waals surface area contributed by atoms with Crippen LogP contribution in [-0.4, -0.2) is 37.4 Å². The molecule has 6 heteroatoms. The van der Waals surface area contributed by atoms with Crippen molar-refractivity contribution in [3.8, 4) is 5.75 Å². The molecule has 5 nitrogen and oxygen atoms in total. The van der Waals surface area contributed by atoms with Crippen LogP contribution in [0.1, 0.15) is 10.4 Å². The van der Waals surface area contributed by atoms with Crippen LogP contribution in [0.25, 0.3) is 0 Å². The molecule has 2 aromatic carbocycles. The van der Waals surface area contributed by atoms with E-state index in [1.54, 1.807) is 62.6 Å². The standard InChI is InChI=1S/C17H17ClN2O3/c1-20(2)16(21)11-23-15-9-7-14(8-10-15)19-17(22)12-3-5-13(18)6-4-12/h3-10H,11H2,1-2H3,(H,19,22). The van der Waals surface area contributed by atoms with E-state index in [2.05, 4.69) is 5.32 Å². The van der Waals surface area contributed by atoms with Gasteiger partial charge in [-0.15, -0.1) is 0 Å². The Bertz CT molecular complexity index is 682. The fourth-order valence-electron chi connectivity index (χ4n) is 1.71. The molecule has 1 N–H and O–H groups in total. The molecule has 0 bridgehead atoms. The first-order chi connectivity index (χ1) is 11.0. The van der Waals surface area contributed by atoms with E-state index in [0.29, 0.717) is 22.0 Å². The third-order valence-electron chi connectivity index (χ3n) is 3.08. The molecule has 0 heterocycles. The molecule has 0 spiro atoms. The molecule has 23 heavy (non-hydrogen) atoms. The van der Waals surface area contributed by atoms with Crippen molar-refractivity contribution < 1.29 is 14.3 Å². The highest BCUT2D eigenvalue weighted by Gasteiger charge is 2.07. The number of likely N-dealkylation sites (N-methyl/N-ethyl adjacent to an activating group) is 1. The molecule has 2 rings (SSSR count). The first kappa shape index (κ1) is 16.8. The fourth-order valence-corrected chi connectivity index (χ4v) is 1.84. The number of amides is 2. The van der Waals surface area contributed by atoms with Gasteiger partial charge in [-0.25, -0.2) is 0 Å². The fraction of sp³-hybridized carbons (Fsp3) is 0.176. The number of ether oxygens (including phenoxy) is 1. The maximum Gasteiger partial charge on any atom is 0.259 e. The van der Waals surface area contributed by atoms with Crippen LogP contribution in [0.15, 0.2) is 48.5 Å². The molecule has 0 saturated heterocycles. The zero-order valence-corrected chi connectivity index (χ0v) is 13.6. The minimum Gasteiger partial charge on any atom is -0.484 e. The molecular formula is C17H17ClN2O3. The van der Waals surface area contributed by atoms with Crippen LogP contribution in [0.3, 0.4) is 0 Å². The third kappa shape index (κ3) is 5.00. The Labute approximate surface area is 139 Å². The van der Waals surface area contributed by atoms with Crippen molar-refractivity contribution in [1.82, 2.24) is 4.90 Å². The van der Waals surface area contributed by atoms with Crippen LogP contribution in [0.5, 0.6) is 5.75 Å². The molecule has 0 radical (unpaired) electrons. The smallest absolute Gasteiger partial charge is 0.259 e. The van der Waals surface area contributed by atoms with Gasteiger partial charge in [0.1, 0.15) is 5.75 Å². The van der Waals surface area contributed by atoms with Crippen molar-refractivity contribution in [3.63, 3.8) is 0 Å². The van der Waals surface area contributed by atoms with Gasteiger partial charge in [0.25, 0.3) is 11.8 Å². The average molecular weight is 333 g/mol. The maximum absolute atomic E-state index is 12.1. The summed E-state index contributed by atoms with van der Waals surface area (Å²) in [5.74, 6) is 0.216. The number of halogens is 1. The second-order valence-corrected chi connectivity index (χ2v) is 5.50. The number of nitrogens with zero attached hydrogens (tertiary/aromatic N) is 1. The van der Waals surface area contributed by atoms with Gasteiger partial charge in [0.05, 0.1) is 0 Å².